The number of hydrogen-bond donors (Lipinski definition) is 0. The first kappa shape index (κ1) is 90.6. The Morgan fingerprint density at radius 3 is 0.764 bits per heavy atom. The Kier molecular flexibility index (Phi) is 44.4. The second-order valence-corrected chi connectivity index (χ2v) is 39.2. The van der Waals surface area contributed by atoms with Gasteiger partial charge in [0, 0.05) is 47.0 Å². The molecule has 3 aromatic carbocycles. The van der Waals surface area contributed by atoms with Crippen LogP contribution in [-0.2, 0) is 10.8 Å². The Labute approximate surface area is 693 Å². The zero-order chi connectivity index (χ0) is 76.8. The molecule has 0 aliphatic heterocycles. The highest BCUT2D eigenvalue weighted by Crippen LogP contribution is 2.64. The first-order valence-electron chi connectivity index (χ1n) is 48.3. The molecule has 0 N–H and O–H groups in total. The van der Waals surface area contributed by atoms with E-state index in [1.807, 2.05) is 22.7 Å². The highest BCUT2D eigenvalue weighted by atomic mass is 32.1. The minimum absolute atomic E-state index is 0.0889. The molecule has 0 amide bonds. The lowest BCUT2D eigenvalue weighted by Crippen LogP contribution is -2.27. The lowest BCUT2D eigenvalue weighted by molar-refractivity contribution is 0.393. The minimum Gasteiger partial charge on any atom is -0.173 e. The van der Waals surface area contributed by atoms with Gasteiger partial charge in [-0.15, -0.1) is 22.7 Å². The molecule has 8 heteroatoms. The molecule has 4 heterocycles. The van der Waals surface area contributed by atoms with Crippen molar-refractivity contribution in [2.75, 3.05) is 0 Å². The zero-order valence-electron chi connectivity index (χ0n) is 72.1. The number of fused-ring (bicyclic) bond motifs is 10. The molecule has 0 saturated carbocycles. The van der Waals surface area contributed by atoms with Crippen LogP contribution in [-0.4, -0.2) is 17.5 Å². The molecule has 0 saturated heterocycles. The second kappa shape index (κ2) is 53.8. The van der Waals surface area contributed by atoms with Gasteiger partial charge in [-0.3, -0.25) is 0 Å². The van der Waals surface area contributed by atoms with Crippen molar-refractivity contribution in [2.24, 2.45) is 0 Å². The number of nitrogens with zero attached hydrogens (tertiary/aromatic N) is 4. The average Bonchev–Trinajstić information content (AvgIpc) is 1.52. The molecule has 2 aliphatic carbocycles. The minimum atomic E-state index is -0.138. The van der Waals surface area contributed by atoms with Crippen LogP contribution in [0, 0.1) is 13.8 Å². The first-order chi connectivity index (χ1) is 54.4. The van der Waals surface area contributed by atoms with E-state index in [9.17, 15) is 0 Å². The van der Waals surface area contributed by atoms with Gasteiger partial charge in [0.15, 0.2) is 0 Å². The predicted octanol–water partition coefficient (Wildman–Crippen LogP) is 36.9. The third-order valence-electron chi connectivity index (χ3n) is 26.7. The maximum absolute atomic E-state index is 5.55. The number of unbranched alkanes of at least 4 members (excludes halogenated alkanes) is 60. The maximum atomic E-state index is 5.55. The third kappa shape index (κ3) is 28.5. The van der Waals surface area contributed by atoms with E-state index < -0.39 is 0 Å². The van der Waals surface area contributed by atoms with Gasteiger partial charge in [0.05, 0.1) is 23.5 Å². The van der Waals surface area contributed by atoms with Gasteiger partial charge in [-0.25, -0.2) is 0 Å². The molecule has 0 fully saturated rings. The van der Waals surface area contributed by atoms with Crippen molar-refractivity contribution in [2.45, 2.75) is 489 Å². The van der Waals surface area contributed by atoms with E-state index in [1.165, 1.54) is 518 Å². The predicted molar refractivity (Wildman–Crippen MR) is 494 cm³/mol. The van der Waals surface area contributed by atoms with Gasteiger partial charge < -0.3 is 0 Å². The van der Waals surface area contributed by atoms with E-state index in [2.05, 4.69) is 90.1 Å². The quantitative estimate of drug-likeness (QED) is 0.0357. The van der Waals surface area contributed by atoms with Gasteiger partial charge in [-0.2, -0.15) is 17.5 Å². The molecule has 0 bridgehead atoms. The van der Waals surface area contributed by atoms with Crippen molar-refractivity contribution in [1.82, 2.24) is 17.5 Å². The second-order valence-electron chi connectivity index (χ2n) is 35.8. The van der Waals surface area contributed by atoms with Gasteiger partial charge in [0.25, 0.3) is 0 Å². The Morgan fingerprint density at radius 2 is 0.464 bits per heavy atom. The monoisotopic (exact) mass is 1570 g/mol. The number of aromatic nitrogens is 4. The number of hydrogen-bond acceptors (Lipinski definition) is 8. The Morgan fingerprint density at radius 1 is 0.227 bits per heavy atom. The van der Waals surface area contributed by atoms with Crippen LogP contribution < -0.4 is 0 Å². The van der Waals surface area contributed by atoms with Crippen molar-refractivity contribution in [1.29, 1.82) is 0 Å². The summed E-state index contributed by atoms with van der Waals surface area (Å²) in [6.45, 7) is 13.9. The molecule has 4 aromatic heterocycles. The number of benzene rings is 3. The zero-order valence-corrected chi connectivity index (χ0v) is 75.4. The molecule has 0 radical (unpaired) electrons. The van der Waals surface area contributed by atoms with E-state index in [4.69, 9.17) is 17.5 Å². The van der Waals surface area contributed by atoms with Crippen molar-refractivity contribution in [3.8, 4) is 42.4 Å². The van der Waals surface area contributed by atoms with Gasteiger partial charge in [0.1, 0.15) is 22.1 Å². The highest BCUT2D eigenvalue weighted by molar-refractivity contribution is 7.24. The molecule has 0 spiro atoms. The van der Waals surface area contributed by atoms with Crippen LogP contribution in [0.25, 0.3) is 64.5 Å². The number of rotatable bonds is 70. The summed E-state index contributed by atoms with van der Waals surface area (Å²) in [5, 5.41) is 0. The maximum Gasteiger partial charge on any atom is 0.114 e. The van der Waals surface area contributed by atoms with Crippen molar-refractivity contribution in [3.63, 3.8) is 0 Å². The van der Waals surface area contributed by atoms with Crippen LogP contribution in [0.15, 0.2) is 48.5 Å². The van der Waals surface area contributed by atoms with Crippen LogP contribution in [0.1, 0.15) is 497 Å². The average molecular weight is 1570 g/mol. The third-order valence-corrected chi connectivity index (χ3v) is 30.1. The van der Waals surface area contributed by atoms with Crippen LogP contribution in [0.5, 0.6) is 0 Å². The summed E-state index contributed by atoms with van der Waals surface area (Å²) in [5.41, 5.74) is 19.2. The molecule has 9 rings (SSSR count). The van der Waals surface area contributed by atoms with Crippen LogP contribution >= 0.6 is 46.1 Å². The summed E-state index contributed by atoms with van der Waals surface area (Å²) in [7, 11) is 0. The lowest BCUT2D eigenvalue weighted by atomic mass is 9.68. The van der Waals surface area contributed by atoms with Crippen molar-refractivity contribution >= 4 is 68.2 Å². The fourth-order valence-corrected chi connectivity index (χ4v) is 23.2. The highest BCUT2D eigenvalue weighted by Gasteiger charge is 2.50. The first-order valence-corrected chi connectivity index (χ1v) is 51.4. The van der Waals surface area contributed by atoms with Gasteiger partial charge in [0.2, 0.25) is 0 Å². The summed E-state index contributed by atoms with van der Waals surface area (Å²) >= 11 is 6.80. The molecule has 614 valence electrons. The Bertz CT molecular complexity index is 3470. The Balaban J connectivity index is 1.000. The number of aryl methyl sites for hydroxylation is 2. The molecule has 0 atom stereocenters. The molecular weight excluding hydrogens is 1410 g/mol. The van der Waals surface area contributed by atoms with E-state index in [0.717, 1.165) is 16.6 Å². The molecule has 0 unspecified atom stereocenters. The van der Waals surface area contributed by atoms with Gasteiger partial charge >= 0.3 is 0 Å². The van der Waals surface area contributed by atoms with Crippen molar-refractivity contribution in [3.05, 3.63) is 81.2 Å². The van der Waals surface area contributed by atoms with E-state index in [-0.39, 0.29) is 10.8 Å². The summed E-state index contributed by atoms with van der Waals surface area (Å²) in [6.07, 6.45) is 94.3. The lowest BCUT2D eigenvalue weighted by Gasteiger charge is -2.35. The van der Waals surface area contributed by atoms with E-state index in [0.29, 0.717) is 0 Å². The topological polar surface area (TPSA) is 51.6 Å². The Hall–Kier alpha value is -3.30. The SMILES string of the molecule is CCCCCCCCCCCCCCCCCCC1(CCCCCCCCCCCCCCCCCC)c2cc3c(cc2-c2c1cc(C)c1nsnc21)C(CCCCCCCCCCCCCCCCCC)(CCCCCCCCCCCCCCCCCC)c1cc(-c2ccc(-c4ccc(C)s4)s2)c2nsnc2c1-3. The fourth-order valence-electron chi connectivity index (χ4n) is 20.0. The summed E-state index contributed by atoms with van der Waals surface area (Å²) in [4.78, 5) is 5.45. The summed E-state index contributed by atoms with van der Waals surface area (Å²) in [5.74, 6) is 0. The molecule has 2 aliphatic rings. The standard InChI is InChI=1S/C102H162N4S4/c1-7-11-15-19-23-27-31-35-39-43-47-51-55-59-63-67-75-101(76-68-64-60-56-52-48-44-40-36-32-28-24-20-16-12-8-2)88-81-86-89(80-85(88)95-90(101)79-83(5)97-99(95)105-109-103-97)102(77-69-65-61-57-53-49-45-41-37-33-29-25-21-17-13-9-3,78-70-66-62-58-54-50-46-42-38-34-30-26-22-18-14-10-4)91-82-87(98-100(96(86)91)106-110-104-98)92-73-74-94(108-92)93-72-71-84(6)107-93/h71-74,79-82H,7-70,75-78H2,1-6H3. The largest absolute Gasteiger partial charge is 0.173 e. The van der Waals surface area contributed by atoms with Crippen LogP contribution in [0.2, 0.25) is 0 Å². The van der Waals surface area contributed by atoms with E-state index >= 15 is 0 Å². The number of thiophene rings is 2. The summed E-state index contributed by atoms with van der Waals surface area (Å²) in [6, 6.07) is 20.6. The van der Waals surface area contributed by atoms with Gasteiger partial charge in [-0.05, 0) is 121 Å². The van der Waals surface area contributed by atoms with Crippen LogP contribution in [0.4, 0.5) is 0 Å². The van der Waals surface area contributed by atoms with Gasteiger partial charge in [-0.1, -0.05) is 445 Å². The molecule has 7 aromatic rings. The van der Waals surface area contributed by atoms with Crippen molar-refractivity contribution < 1.29 is 0 Å². The fraction of sp³-hybridized carbons (Fsp3) is 0.745. The molecular formula is C102H162N4S4. The van der Waals surface area contributed by atoms with Crippen LogP contribution in [0.3, 0.4) is 0 Å². The van der Waals surface area contributed by atoms with E-state index in [1.54, 1.807) is 22.3 Å². The normalized spacial score (nSPS) is 13.4. The molecule has 110 heavy (non-hydrogen) atoms. The molecule has 4 nitrogen and oxygen atoms in total. The summed E-state index contributed by atoms with van der Waals surface area (Å²) < 4.78 is 21.5. The smallest absolute Gasteiger partial charge is 0.114 e.